The summed E-state index contributed by atoms with van der Waals surface area (Å²) in [4.78, 5) is 40.2. The van der Waals surface area contributed by atoms with Gasteiger partial charge in [-0.2, -0.15) is 5.10 Å². The Labute approximate surface area is 226 Å². The molecule has 1 unspecified atom stereocenters. The van der Waals surface area contributed by atoms with E-state index in [0.29, 0.717) is 17.0 Å². The Morgan fingerprint density at radius 2 is 1.67 bits per heavy atom. The Hall–Kier alpha value is -4.66. The number of nitrogens with one attached hydrogen (secondary N) is 1. The number of fused-ring (bicyclic) bond motifs is 2. The number of pyridine rings is 1. The molecule has 0 aliphatic carbocycles. The zero-order valence-electron chi connectivity index (χ0n) is 22.7. The van der Waals surface area contributed by atoms with Crippen molar-refractivity contribution in [2.24, 2.45) is 5.92 Å². The summed E-state index contributed by atoms with van der Waals surface area (Å²) in [7, 11) is 3.37. The maximum Gasteiger partial charge on any atom is 0.251 e. The van der Waals surface area contributed by atoms with Gasteiger partial charge in [0.15, 0.2) is 0 Å². The van der Waals surface area contributed by atoms with Crippen molar-refractivity contribution in [2.45, 2.75) is 32.7 Å². The van der Waals surface area contributed by atoms with Crippen LogP contribution < -0.4 is 5.32 Å². The highest BCUT2D eigenvalue weighted by atomic mass is 16.2. The normalized spacial score (nSPS) is 13.0. The molecule has 5 rings (SSSR count). The number of amides is 2. The lowest BCUT2D eigenvalue weighted by Crippen LogP contribution is -2.49. The van der Waals surface area contributed by atoms with Crippen LogP contribution in [0.4, 0.5) is 0 Å². The molecule has 0 aliphatic rings. The van der Waals surface area contributed by atoms with Gasteiger partial charge in [0.25, 0.3) is 11.7 Å². The van der Waals surface area contributed by atoms with Crippen LogP contribution >= 0.6 is 0 Å². The van der Waals surface area contributed by atoms with E-state index in [2.05, 4.69) is 45.4 Å². The zero-order chi connectivity index (χ0) is 27.7. The Morgan fingerprint density at radius 3 is 2.38 bits per heavy atom. The number of likely N-dealkylation sites (N-methyl/N-ethyl adjacent to an activating group) is 1. The fraction of sp³-hybridized carbons (Fsp3) is 0.267. The minimum Gasteiger partial charge on any atom is -0.347 e. The third-order valence-electron chi connectivity index (χ3n) is 6.93. The summed E-state index contributed by atoms with van der Waals surface area (Å²) in [5.74, 6) is 0.0732. The van der Waals surface area contributed by atoms with Gasteiger partial charge in [-0.05, 0) is 41.8 Å². The summed E-state index contributed by atoms with van der Waals surface area (Å²) in [6, 6.07) is 16.8. The van der Waals surface area contributed by atoms with Gasteiger partial charge in [-0.25, -0.2) is 14.5 Å². The first-order valence-electron chi connectivity index (χ1n) is 12.9. The van der Waals surface area contributed by atoms with Crippen LogP contribution in [0.25, 0.3) is 27.9 Å². The molecule has 1 N–H and O–H groups in total. The van der Waals surface area contributed by atoms with Gasteiger partial charge in [0.05, 0.1) is 23.6 Å². The van der Waals surface area contributed by atoms with Crippen molar-refractivity contribution in [1.29, 1.82) is 0 Å². The number of hydrogen-bond acceptors (Lipinski definition) is 6. The Balaban J connectivity index is 1.39. The van der Waals surface area contributed by atoms with Crippen LogP contribution in [0.2, 0.25) is 0 Å². The minimum absolute atomic E-state index is 0.0269. The predicted octanol–water partition coefficient (Wildman–Crippen LogP) is 4.33. The molecule has 5 aromatic rings. The summed E-state index contributed by atoms with van der Waals surface area (Å²) >= 11 is 0. The third kappa shape index (κ3) is 5.20. The predicted molar refractivity (Wildman–Crippen MR) is 150 cm³/mol. The highest BCUT2D eigenvalue weighted by molar-refractivity contribution is 5.97. The van der Waals surface area contributed by atoms with Crippen molar-refractivity contribution in [3.05, 3.63) is 90.0 Å². The number of hydrogen-bond donors (Lipinski definition) is 1. The van der Waals surface area contributed by atoms with Crippen LogP contribution in [-0.2, 0) is 4.79 Å². The molecule has 39 heavy (non-hydrogen) atoms. The fourth-order valence-corrected chi connectivity index (χ4v) is 4.56. The molecule has 0 radical (unpaired) electrons. The van der Waals surface area contributed by atoms with Gasteiger partial charge in [-0.1, -0.05) is 45.0 Å². The SMILES string of the molecule is CC(c1ccc2ncccc2c1)c1cnc2ncc(-c3ccc(C(=O)N[C@@H](C(=O)N(C)C)C(C)C)cc3)nn12. The average molecular weight is 522 g/mol. The van der Waals surface area contributed by atoms with E-state index in [1.165, 1.54) is 4.90 Å². The smallest absolute Gasteiger partial charge is 0.251 e. The molecule has 0 bridgehead atoms. The molecular weight excluding hydrogens is 490 g/mol. The van der Waals surface area contributed by atoms with Gasteiger partial charge in [-0.3, -0.25) is 14.6 Å². The van der Waals surface area contributed by atoms with Gasteiger partial charge < -0.3 is 10.2 Å². The van der Waals surface area contributed by atoms with E-state index in [1.54, 1.807) is 43.1 Å². The number of carbonyl (C=O) groups is 2. The van der Waals surface area contributed by atoms with Crippen LogP contribution in [0.1, 0.15) is 48.3 Å². The van der Waals surface area contributed by atoms with Crippen LogP contribution in [-0.4, -0.2) is 61.4 Å². The maximum atomic E-state index is 12.9. The molecular formula is C30H31N7O2. The zero-order valence-corrected chi connectivity index (χ0v) is 22.7. The van der Waals surface area contributed by atoms with Crippen molar-refractivity contribution < 1.29 is 9.59 Å². The molecule has 0 saturated heterocycles. The monoisotopic (exact) mass is 521 g/mol. The van der Waals surface area contributed by atoms with E-state index < -0.39 is 6.04 Å². The van der Waals surface area contributed by atoms with Crippen molar-refractivity contribution in [1.82, 2.24) is 34.8 Å². The molecule has 3 heterocycles. The summed E-state index contributed by atoms with van der Waals surface area (Å²) in [6.07, 6.45) is 5.28. The average Bonchev–Trinajstić information content (AvgIpc) is 3.38. The number of aromatic nitrogens is 5. The van der Waals surface area contributed by atoms with Crippen LogP contribution in [0.3, 0.4) is 0 Å². The summed E-state index contributed by atoms with van der Waals surface area (Å²) in [5.41, 5.74) is 4.94. The van der Waals surface area contributed by atoms with Gasteiger partial charge in [0.2, 0.25) is 5.91 Å². The van der Waals surface area contributed by atoms with Gasteiger partial charge in [0, 0.05) is 42.7 Å². The van der Waals surface area contributed by atoms with Crippen molar-refractivity contribution in [2.75, 3.05) is 14.1 Å². The molecule has 0 spiro atoms. The van der Waals surface area contributed by atoms with Crippen LogP contribution in [0, 0.1) is 5.92 Å². The van der Waals surface area contributed by atoms with E-state index in [9.17, 15) is 9.59 Å². The molecule has 0 aliphatic heterocycles. The molecule has 2 amide bonds. The quantitative estimate of drug-likeness (QED) is 0.342. The highest BCUT2D eigenvalue weighted by Gasteiger charge is 2.26. The van der Waals surface area contributed by atoms with E-state index >= 15 is 0 Å². The van der Waals surface area contributed by atoms with Crippen molar-refractivity contribution in [3.8, 4) is 11.3 Å². The molecule has 0 saturated carbocycles. The standard InChI is InChI=1S/C30H31N7O2/c1-18(2)27(29(39)36(4)5)34-28(38)21-10-8-20(9-11-21)25-16-32-30-33-17-26(37(30)35-25)19(3)22-12-13-24-23(15-22)7-6-14-31-24/h6-19,27H,1-5H3,(H,34,38)/t19?,27-/m1/s1. The second-order valence-electron chi connectivity index (χ2n) is 10.2. The largest absolute Gasteiger partial charge is 0.347 e. The highest BCUT2D eigenvalue weighted by Crippen LogP contribution is 2.27. The molecule has 0 fully saturated rings. The maximum absolute atomic E-state index is 12.9. The molecule has 9 nitrogen and oxygen atoms in total. The first-order valence-corrected chi connectivity index (χ1v) is 12.9. The van der Waals surface area contributed by atoms with Gasteiger partial charge in [0.1, 0.15) is 11.7 Å². The lowest BCUT2D eigenvalue weighted by Gasteiger charge is -2.24. The third-order valence-corrected chi connectivity index (χ3v) is 6.93. The summed E-state index contributed by atoms with van der Waals surface area (Å²) < 4.78 is 1.77. The number of carbonyl (C=O) groups excluding carboxylic acids is 2. The lowest BCUT2D eigenvalue weighted by molar-refractivity contribution is -0.131. The van der Waals surface area contributed by atoms with E-state index in [-0.39, 0.29) is 23.7 Å². The Kier molecular flexibility index (Phi) is 7.06. The Morgan fingerprint density at radius 1 is 0.923 bits per heavy atom. The molecule has 2 aromatic carbocycles. The minimum atomic E-state index is -0.596. The van der Waals surface area contributed by atoms with E-state index in [0.717, 1.165) is 27.7 Å². The molecule has 3 aromatic heterocycles. The fourth-order valence-electron chi connectivity index (χ4n) is 4.56. The van der Waals surface area contributed by atoms with Crippen LogP contribution in [0.15, 0.2) is 73.2 Å². The summed E-state index contributed by atoms with van der Waals surface area (Å²) in [5, 5.41) is 8.78. The first-order chi connectivity index (χ1) is 18.7. The number of benzene rings is 2. The molecule has 9 heteroatoms. The van der Waals surface area contributed by atoms with E-state index in [4.69, 9.17) is 5.10 Å². The van der Waals surface area contributed by atoms with Crippen LogP contribution in [0.5, 0.6) is 0 Å². The lowest BCUT2D eigenvalue weighted by atomic mass is 9.97. The molecule has 198 valence electrons. The van der Waals surface area contributed by atoms with Gasteiger partial charge >= 0.3 is 0 Å². The second kappa shape index (κ2) is 10.6. The second-order valence-corrected chi connectivity index (χ2v) is 10.2. The van der Waals surface area contributed by atoms with Crippen molar-refractivity contribution in [3.63, 3.8) is 0 Å². The number of nitrogens with zero attached hydrogens (tertiary/aromatic N) is 6. The summed E-state index contributed by atoms with van der Waals surface area (Å²) in [6.45, 7) is 5.94. The van der Waals surface area contributed by atoms with E-state index in [1.807, 2.05) is 44.3 Å². The number of imidazole rings is 1. The topological polar surface area (TPSA) is 105 Å². The van der Waals surface area contributed by atoms with Crippen molar-refractivity contribution >= 4 is 28.5 Å². The molecule has 2 atom stereocenters. The number of rotatable bonds is 7. The first kappa shape index (κ1) is 26.0. The Bertz CT molecular complexity index is 1660. The van der Waals surface area contributed by atoms with Gasteiger partial charge in [-0.15, -0.1) is 0 Å².